The van der Waals surface area contributed by atoms with Crippen molar-refractivity contribution in [2.24, 2.45) is 5.73 Å². The SMILES string of the molecule is CC1Oc2ccc(CC(N)C(=O)O)cc2N(C)C1=O. The lowest BCUT2D eigenvalue weighted by atomic mass is 10.0. The van der Waals surface area contributed by atoms with Gasteiger partial charge >= 0.3 is 5.97 Å². The van der Waals surface area contributed by atoms with Gasteiger partial charge in [0.2, 0.25) is 0 Å². The van der Waals surface area contributed by atoms with Gasteiger partial charge in [-0.15, -0.1) is 0 Å². The van der Waals surface area contributed by atoms with E-state index in [9.17, 15) is 9.59 Å². The second-order valence-corrected chi connectivity index (χ2v) is 4.61. The highest BCUT2D eigenvalue weighted by Crippen LogP contribution is 2.34. The van der Waals surface area contributed by atoms with E-state index < -0.39 is 18.1 Å². The highest BCUT2D eigenvalue weighted by Gasteiger charge is 2.29. The first kappa shape index (κ1) is 13.4. The third-order valence-corrected chi connectivity index (χ3v) is 3.14. The molecule has 3 N–H and O–H groups in total. The number of hydrogen-bond donors (Lipinski definition) is 2. The Bertz CT molecular complexity index is 529. The number of anilines is 1. The fourth-order valence-electron chi connectivity index (χ4n) is 2.03. The summed E-state index contributed by atoms with van der Waals surface area (Å²) in [5, 5.41) is 8.80. The molecule has 102 valence electrons. The lowest BCUT2D eigenvalue weighted by Crippen LogP contribution is -2.42. The second-order valence-electron chi connectivity index (χ2n) is 4.61. The van der Waals surface area contributed by atoms with Crippen molar-refractivity contribution in [2.45, 2.75) is 25.5 Å². The zero-order chi connectivity index (χ0) is 14.2. The average molecular weight is 264 g/mol. The molecule has 6 heteroatoms. The van der Waals surface area contributed by atoms with Crippen LogP contribution in [0, 0.1) is 0 Å². The molecule has 0 fully saturated rings. The van der Waals surface area contributed by atoms with Crippen molar-refractivity contribution in [1.82, 2.24) is 0 Å². The van der Waals surface area contributed by atoms with Gasteiger partial charge in [0.15, 0.2) is 6.10 Å². The van der Waals surface area contributed by atoms with Crippen molar-refractivity contribution >= 4 is 17.6 Å². The van der Waals surface area contributed by atoms with Crippen LogP contribution in [0.4, 0.5) is 5.69 Å². The second kappa shape index (κ2) is 4.89. The number of nitrogens with two attached hydrogens (primary N) is 1. The van der Waals surface area contributed by atoms with E-state index in [1.165, 1.54) is 4.90 Å². The highest BCUT2D eigenvalue weighted by molar-refractivity contribution is 5.99. The summed E-state index contributed by atoms with van der Waals surface area (Å²) in [6.07, 6.45) is -0.301. The van der Waals surface area contributed by atoms with Crippen molar-refractivity contribution < 1.29 is 19.4 Å². The molecule has 0 spiro atoms. The lowest BCUT2D eigenvalue weighted by molar-refractivity contribution is -0.138. The fourth-order valence-corrected chi connectivity index (χ4v) is 2.03. The summed E-state index contributed by atoms with van der Waals surface area (Å²) in [4.78, 5) is 24.1. The molecule has 0 bridgehead atoms. The molecule has 1 aromatic carbocycles. The van der Waals surface area contributed by atoms with Crippen LogP contribution in [0.25, 0.3) is 0 Å². The van der Waals surface area contributed by atoms with Gasteiger partial charge in [0, 0.05) is 7.05 Å². The maximum atomic E-state index is 11.8. The van der Waals surface area contributed by atoms with Gasteiger partial charge in [-0.25, -0.2) is 0 Å². The molecule has 1 aromatic rings. The van der Waals surface area contributed by atoms with Crippen LogP contribution in [0.15, 0.2) is 18.2 Å². The lowest BCUT2D eigenvalue weighted by Gasteiger charge is -2.30. The number of hydrogen-bond acceptors (Lipinski definition) is 4. The minimum absolute atomic E-state index is 0.132. The van der Waals surface area contributed by atoms with Gasteiger partial charge in [-0.3, -0.25) is 9.59 Å². The zero-order valence-electron chi connectivity index (χ0n) is 10.8. The number of benzene rings is 1. The predicted molar refractivity (Wildman–Crippen MR) is 69.3 cm³/mol. The van der Waals surface area contributed by atoms with E-state index in [1.54, 1.807) is 32.2 Å². The Morgan fingerprint density at radius 2 is 2.26 bits per heavy atom. The molecular weight excluding hydrogens is 248 g/mol. The number of amides is 1. The molecule has 0 saturated heterocycles. The minimum atomic E-state index is -1.05. The molecule has 1 heterocycles. The molecule has 2 unspecified atom stereocenters. The number of aliphatic carboxylic acids is 1. The molecule has 19 heavy (non-hydrogen) atoms. The summed E-state index contributed by atoms with van der Waals surface area (Å²) in [6, 6.07) is 4.28. The quantitative estimate of drug-likeness (QED) is 0.823. The number of ether oxygens (including phenoxy) is 1. The van der Waals surface area contributed by atoms with Gasteiger partial charge in [0.25, 0.3) is 5.91 Å². The standard InChI is InChI=1S/C13H16N2O4/c1-7-12(16)15(2)10-6-8(3-4-11(10)19-7)5-9(14)13(17)18/h3-4,6-7,9H,5,14H2,1-2H3,(H,17,18). The third-order valence-electron chi connectivity index (χ3n) is 3.14. The van der Waals surface area contributed by atoms with E-state index in [2.05, 4.69) is 0 Å². The molecule has 0 radical (unpaired) electrons. The Kier molecular flexibility index (Phi) is 3.44. The molecule has 2 rings (SSSR count). The van der Waals surface area contributed by atoms with Crippen molar-refractivity contribution in [2.75, 3.05) is 11.9 Å². The molecule has 1 aliphatic heterocycles. The predicted octanol–water partition coefficient (Wildman–Crippen LogP) is 0.385. The van der Waals surface area contributed by atoms with Crippen LogP contribution in [0.2, 0.25) is 0 Å². The van der Waals surface area contributed by atoms with Gasteiger partial charge in [0.05, 0.1) is 5.69 Å². The Balaban J connectivity index is 2.28. The topological polar surface area (TPSA) is 92.9 Å². The first-order valence-electron chi connectivity index (χ1n) is 5.95. The molecule has 1 amide bonds. The minimum Gasteiger partial charge on any atom is -0.480 e. The monoisotopic (exact) mass is 264 g/mol. The van der Waals surface area contributed by atoms with Gasteiger partial charge in [0.1, 0.15) is 11.8 Å². The van der Waals surface area contributed by atoms with E-state index in [-0.39, 0.29) is 12.3 Å². The molecule has 6 nitrogen and oxygen atoms in total. The number of fused-ring (bicyclic) bond motifs is 1. The summed E-state index contributed by atoms with van der Waals surface area (Å²) in [6.45, 7) is 1.69. The van der Waals surface area contributed by atoms with Gasteiger partial charge in [-0.2, -0.15) is 0 Å². The number of likely N-dealkylation sites (N-methyl/N-ethyl adjacent to an activating group) is 1. The average Bonchev–Trinajstić information content (AvgIpc) is 2.37. The van der Waals surface area contributed by atoms with Gasteiger partial charge < -0.3 is 20.5 Å². The molecule has 1 aliphatic rings. The van der Waals surface area contributed by atoms with Crippen LogP contribution in [0.5, 0.6) is 5.75 Å². The van der Waals surface area contributed by atoms with Crippen LogP contribution in [0.3, 0.4) is 0 Å². The van der Waals surface area contributed by atoms with Crippen molar-refractivity contribution in [3.63, 3.8) is 0 Å². The fraction of sp³-hybridized carbons (Fsp3) is 0.385. The van der Waals surface area contributed by atoms with Crippen LogP contribution < -0.4 is 15.4 Å². The Morgan fingerprint density at radius 1 is 1.58 bits per heavy atom. The zero-order valence-corrected chi connectivity index (χ0v) is 10.8. The number of carbonyl (C=O) groups is 2. The van der Waals surface area contributed by atoms with E-state index in [0.29, 0.717) is 11.4 Å². The van der Waals surface area contributed by atoms with Gasteiger partial charge in [-0.1, -0.05) is 6.07 Å². The number of nitrogens with zero attached hydrogens (tertiary/aromatic N) is 1. The molecule has 0 saturated carbocycles. The summed E-state index contributed by atoms with van der Waals surface area (Å²) < 4.78 is 5.48. The molecule has 0 aromatic heterocycles. The first-order valence-corrected chi connectivity index (χ1v) is 5.95. The highest BCUT2D eigenvalue weighted by atomic mass is 16.5. The number of carbonyl (C=O) groups excluding carboxylic acids is 1. The summed E-state index contributed by atoms with van der Waals surface area (Å²) in [5.41, 5.74) is 6.89. The van der Waals surface area contributed by atoms with Crippen LogP contribution in [0.1, 0.15) is 12.5 Å². The van der Waals surface area contributed by atoms with E-state index in [0.717, 1.165) is 5.56 Å². The Hall–Kier alpha value is -2.08. The smallest absolute Gasteiger partial charge is 0.320 e. The first-order chi connectivity index (χ1) is 8.90. The summed E-state index contributed by atoms with van der Waals surface area (Å²) in [7, 11) is 1.67. The summed E-state index contributed by atoms with van der Waals surface area (Å²) >= 11 is 0. The largest absolute Gasteiger partial charge is 0.480 e. The Labute approximate surface area is 110 Å². The van der Waals surface area contributed by atoms with Gasteiger partial charge in [-0.05, 0) is 31.0 Å². The molecular formula is C13H16N2O4. The van der Waals surface area contributed by atoms with Crippen LogP contribution in [-0.2, 0) is 16.0 Å². The maximum absolute atomic E-state index is 11.8. The van der Waals surface area contributed by atoms with E-state index >= 15 is 0 Å². The number of rotatable bonds is 3. The van der Waals surface area contributed by atoms with E-state index in [1.807, 2.05) is 0 Å². The molecule has 2 atom stereocenters. The van der Waals surface area contributed by atoms with Crippen molar-refractivity contribution in [3.05, 3.63) is 23.8 Å². The van der Waals surface area contributed by atoms with Crippen molar-refractivity contribution in [3.8, 4) is 5.75 Å². The molecule has 0 aliphatic carbocycles. The third kappa shape index (κ3) is 2.53. The normalized spacial score (nSPS) is 19.6. The van der Waals surface area contributed by atoms with Crippen LogP contribution >= 0.6 is 0 Å². The number of carboxylic acid groups (broad SMARTS) is 1. The van der Waals surface area contributed by atoms with Crippen molar-refractivity contribution in [1.29, 1.82) is 0 Å². The van der Waals surface area contributed by atoms with E-state index in [4.69, 9.17) is 15.6 Å². The number of carboxylic acids is 1. The Morgan fingerprint density at radius 3 is 2.89 bits per heavy atom. The maximum Gasteiger partial charge on any atom is 0.320 e. The van der Waals surface area contributed by atoms with Crippen LogP contribution in [-0.4, -0.2) is 36.2 Å². The summed E-state index contributed by atoms with van der Waals surface area (Å²) in [5.74, 6) is -0.568.